The molecule has 106 valence electrons. The molecule has 1 N–H and O–H groups in total. The second-order valence-electron chi connectivity index (χ2n) is 5.65. The summed E-state index contributed by atoms with van der Waals surface area (Å²) in [6, 6.07) is 5.96. The first kappa shape index (κ1) is 13.2. The third-order valence-electron chi connectivity index (χ3n) is 4.07. The van der Waals surface area contributed by atoms with Crippen molar-refractivity contribution in [2.45, 2.75) is 38.5 Å². The van der Waals surface area contributed by atoms with Crippen LogP contribution in [0.5, 0.6) is 0 Å². The van der Waals surface area contributed by atoms with Crippen LogP contribution in [-0.2, 0) is 11.2 Å². The molecule has 4 nitrogen and oxygen atoms in total. The van der Waals surface area contributed by atoms with Crippen LogP contribution < -0.4 is 5.32 Å². The average molecular weight is 271 g/mol. The molecule has 2 aromatic heterocycles. The third-order valence-corrected chi connectivity index (χ3v) is 4.07. The van der Waals surface area contributed by atoms with Crippen molar-refractivity contribution in [3.63, 3.8) is 0 Å². The Morgan fingerprint density at radius 3 is 3.00 bits per heavy atom. The number of carbonyl (C=O) groups is 1. The van der Waals surface area contributed by atoms with Crippen molar-refractivity contribution in [3.05, 3.63) is 36.3 Å². The van der Waals surface area contributed by atoms with Crippen molar-refractivity contribution in [1.29, 1.82) is 0 Å². The van der Waals surface area contributed by atoms with Gasteiger partial charge in [0.05, 0.1) is 5.69 Å². The number of hydrogen-bond donors (Lipinski definition) is 1. The van der Waals surface area contributed by atoms with E-state index in [1.54, 1.807) is 0 Å². The zero-order chi connectivity index (χ0) is 13.8. The molecule has 3 rings (SSSR count). The van der Waals surface area contributed by atoms with Crippen LogP contribution in [0.2, 0.25) is 0 Å². The molecule has 0 radical (unpaired) electrons. The van der Waals surface area contributed by atoms with Gasteiger partial charge >= 0.3 is 0 Å². The number of amides is 1. The van der Waals surface area contributed by atoms with Gasteiger partial charge < -0.3 is 9.72 Å². The first-order chi connectivity index (χ1) is 9.81. The number of pyridine rings is 1. The predicted molar refractivity (Wildman–Crippen MR) is 78.5 cm³/mol. The number of aromatic nitrogens is 2. The van der Waals surface area contributed by atoms with E-state index in [9.17, 15) is 4.79 Å². The Kier molecular flexibility index (Phi) is 4.00. The van der Waals surface area contributed by atoms with Gasteiger partial charge in [-0.2, -0.15) is 0 Å². The molecule has 0 unspecified atom stereocenters. The largest absolute Gasteiger partial charge is 0.356 e. The number of nitrogens with one attached hydrogen (secondary N) is 1. The lowest BCUT2D eigenvalue weighted by atomic mass is 10.0. The molecule has 0 aliphatic heterocycles. The number of imidazole rings is 1. The number of rotatable bonds is 5. The van der Waals surface area contributed by atoms with Gasteiger partial charge in [-0.3, -0.25) is 4.79 Å². The van der Waals surface area contributed by atoms with Crippen LogP contribution in [-0.4, -0.2) is 21.8 Å². The number of carbonyl (C=O) groups excluding carboxylic acids is 1. The van der Waals surface area contributed by atoms with Gasteiger partial charge in [0, 0.05) is 31.8 Å². The average Bonchev–Trinajstić information content (AvgIpc) is 3.07. The fourth-order valence-electron chi connectivity index (χ4n) is 2.99. The highest BCUT2D eigenvalue weighted by Gasteiger charge is 2.18. The summed E-state index contributed by atoms with van der Waals surface area (Å²) in [5.74, 6) is 0.811. The molecule has 1 amide bonds. The molecule has 0 saturated heterocycles. The van der Waals surface area contributed by atoms with Crippen LogP contribution in [0, 0.1) is 5.92 Å². The van der Waals surface area contributed by atoms with Gasteiger partial charge in [-0.15, -0.1) is 0 Å². The van der Waals surface area contributed by atoms with Crippen LogP contribution in [0.1, 0.15) is 37.8 Å². The van der Waals surface area contributed by atoms with Crippen molar-refractivity contribution in [1.82, 2.24) is 14.7 Å². The van der Waals surface area contributed by atoms with Gasteiger partial charge in [0.2, 0.25) is 5.91 Å². The molecule has 20 heavy (non-hydrogen) atoms. The Hall–Kier alpha value is -1.84. The van der Waals surface area contributed by atoms with Crippen LogP contribution in [0.4, 0.5) is 0 Å². The van der Waals surface area contributed by atoms with E-state index in [0.29, 0.717) is 18.9 Å². The van der Waals surface area contributed by atoms with Crippen molar-refractivity contribution >= 4 is 11.6 Å². The lowest BCUT2D eigenvalue weighted by Crippen LogP contribution is -2.27. The lowest BCUT2D eigenvalue weighted by Gasteiger charge is -2.08. The molecule has 4 heteroatoms. The maximum atomic E-state index is 11.8. The standard InChI is InChI=1S/C16H21N3O/c20-16(11-13-5-1-2-6-13)17-9-8-14-12-19-10-4-3-7-15(19)18-14/h3-4,7,10,12-13H,1-2,5-6,8-9,11H2,(H,17,20). The second kappa shape index (κ2) is 6.07. The maximum Gasteiger partial charge on any atom is 0.220 e. The van der Waals surface area contributed by atoms with Crippen molar-refractivity contribution in [2.75, 3.05) is 6.54 Å². The lowest BCUT2D eigenvalue weighted by molar-refractivity contribution is -0.121. The zero-order valence-corrected chi connectivity index (χ0v) is 11.7. The van der Waals surface area contributed by atoms with E-state index >= 15 is 0 Å². The molecule has 2 heterocycles. The molecular formula is C16H21N3O. The van der Waals surface area contributed by atoms with Crippen molar-refractivity contribution in [3.8, 4) is 0 Å². The molecule has 0 atom stereocenters. The molecule has 1 aliphatic carbocycles. The van der Waals surface area contributed by atoms with Gasteiger partial charge in [0.15, 0.2) is 0 Å². The molecule has 0 bridgehead atoms. The minimum atomic E-state index is 0.195. The molecule has 2 aromatic rings. The quantitative estimate of drug-likeness (QED) is 0.908. The monoisotopic (exact) mass is 271 g/mol. The van der Waals surface area contributed by atoms with E-state index in [4.69, 9.17) is 0 Å². The summed E-state index contributed by atoms with van der Waals surface area (Å²) in [7, 11) is 0. The van der Waals surface area contributed by atoms with Gasteiger partial charge in [-0.25, -0.2) is 4.98 Å². The molecular weight excluding hydrogens is 250 g/mol. The predicted octanol–water partition coefficient (Wildman–Crippen LogP) is 2.57. The molecule has 0 aromatic carbocycles. The highest BCUT2D eigenvalue weighted by atomic mass is 16.1. The smallest absolute Gasteiger partial charge is 0.220 e. The molecule has 0 spiro atoms. The fraction of sp³-hybridized carbons (Fsp3) is 0.500. The number of hydrogen-bond acceptors (Lipinski definition) is 2. The first-order valence-electron chi connectivity index (χ1n) is 7.50. The Labute approximate surface area is 119 Å². The second-order valence-corrected chi connectivity index (χ2v) is 5.65. The summed E-state index contributed by atoms with van der Waals surface area (Å²) < 4.78 is 2.01. The summed E-state index contributed by atoms with van der Waals surface area (Å²) >= 11 is 0. The maximum absolute atomic E-state index is 11.8. The minimum absolute atomic E-state index is 0.195. The van der Waals surface area contributed by atoms with Crippen LogP contribution >= 0.6 is 0 Å². The van der Waals surface area contributed by atoms with Crippen LogP contribution in [0.25, 0.3) is 5.65 Å². The van der Waals surface area contributed by atoms with E-state index in [1.807, 2.05) is 35.0 Å². The molecule has 1 fully saturated rings. The Morgan fingerprint density at radius 2 is 2.20 bits per heavy atom. The van der Waals surface area contributed by atoms with E-state index in [1.165, 1.54) is 25.7 Å². The van der Waals surface area contributed by atoms with Crippen LogP contribution in [0.15, 0.2) is 30.6 Å². The van der Waals surface area contributed by atoms with E-state index < -0.39 is 0 Å². The highest BCUT2D eigenvalue weighted by molar-refractivity contribution is 5.76. The molecule has 1 saturated carbocycles. The highest BCUT2D eigenvalue weighted by Crippen LogP contribution is 2.27. The van der Waals surface area contributed by atoms with Crippen molar-refractivity contribution in [2.24, 2.45) is 5.92 Å². The molecule has 1 aliphatic rings. The summed E-state index contributed by atoms with van der Waals surface area (Å²) in [6.45, 7) is 0.676. The summed E-state index contributed by atoms with van der Waals surface area (Å²) in [5.41, 5.74) is 1.98. The third kappa shape index (κ3) is 3.18. The fourth-order valence-corrected chi connectivity index (χ4v) is 2.99. The van der Waals surface area contributed by atoms with E-state index in [2.05, 4.69) is 10.3 Å². The minimum Gasteiger partial charge on any atom is -0.356 e. The normalized spacial score (nSPS) is 15.8. The van der Waals surface area contributed by atoms with Crippen molar-refractivity contribution < 1.29 is 4.79 Å². The van der Waals surface area contributed by atoms with Gasteiger partial charge in [-0.1, -0.05) is 18.9 Å². The summed E-state index contributed by atoms with van der Waals surface area (Å²) in [4.78, 5) is 16.3. The van der Waals surface area contributed by atoms with E-state index in [0.717, 1.165) is 17.8 Å². The first-order valence-corrected chi connectivity index (χ1v) is 7.50. The van der Waals surface area contributed by atoms with Gasteiger partial charge in [-0.05, 0) is 30.9 Å². The Balaban J connectivity index is 1.45. The van der Waals surface area contributed by atoms with Gasteiger partial charge in [0.1, 0.15) is 5.65 Å². The summed E-state index contributed by atoms with van der Waals surface area (Å²) in [6.07, 6.45) is 10.5. The SMILES string of the molecule is O=C(CC1CCCC1)NCCc1cn2ccccc2n1. The van der Waals surface area contributed by atoms with Crippen LogP contribution in [0.3, 0.4) is 0 Å². The Morgan fingerprint density at radius 1 is 1.35 bits per heavy atom. The number of fused-ring (bicyclic) bond motifs is 1. The zero-order valence-electron chi connectivity index (χ0n) is 11.7. The van der Waals surface area contributed by atoms with Gasteiger partial charge in [0.25, 0.3) is 0 Å². The van der Waals surface area contributed by atoms with E-state index in [-0.39, 0.29) is 5.91 Å². The topological polar surface area (TPSA) is 46.4 Å². The number of nitrogens with zero attached hydrogens (tertiary/aromatic N) is 2. The summed E-state index contributed by atoms with van der Waals surface area (Å²) in [5, 5.41) is 3.01. The Bertz CT molecular complexity index is 551.